The third-order valence-electron chi connectivity index (χ3n) is 2.09. The van der Waals surface area contributed by atoms with E-state index in [-0.39, 0.29) is 5.91 Å². The van der Waals surface area contributed by atoms with Gasteiger partial charge in [-0.15, -0.1) is 21.8 Å². The van der Waals surface area contributed by atoms with Crippen LogP contribution >= 0.6 is 11.6 Å². The second-order valence-electron chi connectivity index (χ2n) is 3.42. The number of hydrogen-bond acceptors (Lipinski definition) is 4. The Morgan fingerprint density at radius 3 is 3.00 bits per heavy atom. The van der Waals surface area contributed by atoms with E-state index in [0.717, 1.165) is 5.56 Å². The second-order valence-corrected chi connectivity index (χ2v) is 4.08. The van der Waals surface area contributed by atoms with Crippen LogP contribution in [0.2, 0.25) is 0 Å². The molecule has 17 heavy (non-hydrogen) atoms. The molecule has 7 heteroatoms. The van der Waals surface area contributed by atoms with Gasteiger partial charge in [0.25, 0.3) is 0 Å². The van der Waals surface area contributed by atoms with Crippen LogP contribution < -0.4 is 5.32 Å². The van der Waals surface area contributed by atoms with Crippen molar-refractivity contribution < 1.29 is 4.79 Å². The molecule has 0 saturated carbocycles. The number of anilines is 1. The molecule has 0 radical (unpaired) electrons. The molecule has 1 heterocycles. The summed E-state index contributed by atoms with van der Waals surface area (Å²) < 4.78 is 0. The zero-order valence-electron chi connectivity index (χ0n) is 9.01. The number of aromatic nitrogens is 4. The maximum Gasteiger partial charge on any atom is 0.242 e. The van der Waals surface area contributed by atoms with Crippen LogP contribution in [-0.4, -0.2) is 31.9 Å². The van der Waals surface area contributed by atoms with Gasteiger partial charge in [-0.25, -0.2) is 0 Å². The summed E-state index contributed by atoms with van der Waals surface area (Å²) in [6.45, 7) is 1.61. The lowest BCUT2D eigenvalue weighted by atomic mass is 10.2. The normalized spacial score (nSPS) is 12.1. The van der Waals surface area contributed by atoms with E-state index in [1.54, 1.807) is 25.1 Å². The summed E-state index contributed by atoms with van der Waals surface area (Å²) in [5.74, 6) is 0.219. The van der Waals surface area contributed by atoms with Crippen molar-refractivity contribution in [1.29, 1.82) is 0 Å². The van der Waals surface area contributed by atoms with Crippen molar-refractivity contribution in [3.8, 4) is 11.4 Å². The van der Waals surface area contributed by atoms with Gasteiger partial charge in [-0.3, -0.25) is 4.79 Å². The first kappa shape index (κ1) is 11.5. The highest BCUT2D eigenvalue weighted by Gasteiger charge is 2.10. The number of H-pyrrole nitrogens is 1. The number of amides is 1. The number of alkyl halides is 1. The molecule has 0 bridgehead atoms. The first-order valence-electron chi connectivity index (χ1n) is 4.95. The number of carbonyl (C=O) groups is 1. The van der Waals surface area contributed by atoms with Gasteiger partial charge in [0, 0.05) is 11.3 Å². The van der Waals surface area contributed by atoms with E-state index in [1.807, 2.05) is 6.07 Å². The quantitative estimate of drug-likeness (QED) is 0.809. The van der Waals surface area contributed by atoms with Gasteiger partial charge in [-0.1, -0.05) is 12.1 Å². The zero-order valence-corrected chi connectivity index (χ0v) is 9.77. The molecule has 2 aromatic rings. The molecule has 1 aromatic heterocycles. The molecule has 6 nitrogen and oxygen atoms in total. The molecule has 0 saturated heterocycles. The second kappa shape index (κ2) is 4.92. The van der Waals surface area contributed by atoms with E-state index in [1.165, 1.54) is 0 Å². The summed E-state index contributed by atoms with van der Waals surface area (Å²) in [4.78, 5) is 11.4. The van der Waals surface area contributed by atoms with E-state index < -0.39 is 5.38 Å². The van der Waals surface area contributed by atoms with Crippen molar-refractivity contribution >= 4 is 23.2 Å². The average molecular weight is 252 g/mol. The molecule has 2 N–H and O–H groups in total. The molecule has 88 valence electrons. The molecule has 1 aromatic carbocycles. The van der Waals surface area contributed by atoms with Gasteiger partial charge in [0.15, 0.2) is 0 Å². The van der Waals surface area contributed by atoms with Crippen molar-refractivity contribution in [2.24, 2.45) is 0 Å². The van der Waals surface area contributed by atoms with Crippen LogP contribution in [0, 0.1) is 0 Å². The fourth-order valence-corrected chi connectivity index (χ4v) is 1.32. The van der Waals surface area contributed by atoms with Crippen molar-refractivity contribution in [2.45, 2.75) is 12.3 Å². The molecule has 0 aliphatic rings. The highest BCUT2D eigenvalue weighted by molar-refractivity contribution is 6.32. The largest absolute Gasteiger partial charge is 0.325 e. The number of carbonyl (C=O) groups excluding carboxylic acids is 1. The van der Waals surface area contributed by atoms with Crippen LogP contribution in [0.1, 0.15) is 6.92 Å². The van der Waals surface area contributed by atoms with Gasteiger partial charge >= 0.3 is 0 Å². The number of aromatic amines is 1. The maximum atomic E-state index is 11.4. The summed E-state index contributed by atoms with van der Waals surface area (Å²) in [6, 6.07) is 7.13. The van der Waals surface area contributed by atoms with Crippen LogP contribution in [0.15, 0.2) is 24.3 Å². The van der Waals surface area contributed by atoms with E-state index >= 15 is 0 Å². The number of rotatable bonds is 3. The topological polar surface area (TPSA) is 83.6 Å². The third-order valence-corrected chi connectivity index (χ3v) is 2.29. The van der Waals surface area contributed by atoms with E-state index in [2.05, 4.69) is 25.9 Å². The highest BCUT2D eigenvalue weighted by Crippen LogP contribution is 2.18. The standard InChI is InChI=1S/C10H10ClN5O/c1-6(11)10(17)12-8-4-2-3-7(5-8)9-13-15-16-14-9/h2-6H,1H3,(H,12,17)(H,13,14,15,16). The Morgan fingerprint density at radius 1 is 1.53 bits per heavy atom. The fraction of sp³-hybridized carbons (Fsp3) is 0.200. The molecule has 1 amide bonds. The number of tetrazole rings is 1. The van der Waals surface area contributed by atoms with Crippen molar-refractivity contribution in [3.05, 3.63) is 24.3 Å². The Bertz CT molecular complexity index is 511. The Hall–Kier alpha value is -1.95. The molecule has 0 spiro atoms. The minimum absolute atomic E-state index is 0.253. The lowest BCUT2D eigenvalue weighted by molar-refractivity contribution is -0.115. The number of nitrogens with zero attached hydrogens (tertiary/aromatic N) is 3. The van der Waals surface area contributed by atoms with Gasteiger partial charge in [0.2, 0.25) is 11.7 Å². The number of nitrogens with one attached hydrogen (secondary N) is 2. The molecule has 0 aliphatic carbocycles. The number of halogens is 1. The molecular weight excluding hydrogens is 242 g/mol. The summed E-state index contributed by atoms with van der Waals surface area (Å²) in [7, 11) is 0. The Balaban J connectivity index is 2.20. The van der Waals surface area contributed by atoms with Crippen molar-refractivity contribution in [1.82, 2.24) is 20.6 Å². The van der Waals surface area contributed by atoms with Gasteiger partial charge in [-0.05, 0) is 24.3 Å². The molecular formula is C10H10ClN5O. The van der Waals surface area contributed by atoms with Crippen LogP contribution in [0.25, 0.3) is 11.4 Å². The van der Waals surface area contributed by atoms with Gasteiger partial charge in [0.05, 0.1) is 0 Å². The molecule has 0 fully saturated rings. The first-order valence-corrected chi connectivity index (χ1v) is 5.39. The Labute approximate surface area is 102 Å². The number of hydrogen-bond donors (Lipinski definition) is 2. The minimum Gasteiger partial charge on any atom is -0.325 e. The Kier molecular flexibility index (Phi) is 3.34. The lowest BCUT2D eigenvalue weighted by Crippen LogP contribution is -2.20. The highest BCUT2D eigenvalue weighted by atomic mass is 35.5. The van der Waals surface area contributed by atoms with Crippen LogP contribution in [0.5, 0.6) is 0 Å². The predicted octanol–water partition coefficient (Wildman–Crippen LogP) is 1.43. The predicted molar refractivity (Wildman–Crippen MR) is 63.6 cm³/mol. The third kappa shape index (κ3) is 2.79. The summed E-state index contributed by atoms with van der Waals surface area (Å²) >= 11 is 5.67. The molecule has 0 aliphatic heterocycles. The van der Waals surface area contributed by atoms with Gasteiger partial charge in [-0.2, -0.15) is 5.21 Å². The molecule has 2 rings (SSSR count). The van der Waals surface area contributed by atoms with E-state index in [4.69, 9.17) is 11.6 Å². The molecule has 1 unspecified atom stereocenters. The number of benzene rings is 1. The SMILES string of the molecule is CC(Cl)C(=O)Nc1cccc(-c2nn[nH]n2)c1. The van der Waals surface area contributed by atoms with E-state index in [0.29, 0.717) is 11.5 Å². The lowest BCUT2D eigenvalue weighted by Gasteiger charge is -2.06. The van der Waals surface area contributed by atoms with Gasteiger partial charge in [0.1, 0.15) is 5.38 Å². The summed E-state index contributed by atoms with van der Waals surface area (Å²) in [5.41, 5.74) is 1.41. The van der Waals surface area contributed by atoms with Crippen molar-refractivity contribution in [2.75, 3.05) is 5.32 Å². The monoisotopic (exact) mass is 251 g/mol. The maximum absolute atomic E-state index is 11.4. The van der Waals surface area contributed by atoms with Crippen LogP contribution in [0.4, 0.5) is 5.69 Å². The Morgan fingerprint density at radius 2 is 2.35 bits per heavy atom. The zero-order chi connectivity index (χ0) is 12.3. The summed E-state index contributed by atoms with van der Waals surface area (Å²) in [5, 5.41) is 15.7. The molecule has 1 atom stereocenters. The van der Waals surface area contributed by atoms with Crippen LogP contribution in [-0.2, 0) is 4.79 Å². The smallest absolute Gasteiger partial charge is 0.242 e. The average Bonchev–Trinajstić information content (AvgIpc) is 2.82. The summed E-state index contributed by atoms with van der Waals surface area (Å²) in [6.07, 6.45) is 0. The fourth-order valence-electron chi connectivity index (χ4n) is 1.26. The van der Waals surface area contributed by atoms with Crippen LogP contribution in [0.3, 0.4) is 0 Å². The van der Waals surface area contributed by atoms with Gasteiger partial charge < -0.3 is 5.32 Å². The van der Waals surface area contributed by atoms with E-state index in [9.17, 15) is 4.79 Å². The van der Waals surface area contributed by atoms with Crippen molar-refractivity contribution in [3.63, 3.8) is 0 Å². The minimum atomic E-state index is -0.580. The first-order chi connectivity index (χ1) is 8.16.